The van der Waals surface area contributed by atoms with Crippen molar-refractivity contribution < 1.29 is 9.90 Å². The molecule has 3 aromatic rings. The average Bonchev–Trinajstić information content (AvgIpc) is 3.07. The number of aliphatic hydroxyl groups is 1. The Kier molecular flexibility index (Phi) is 4.01. The van der Waals surface area contributed by atoms with E-state index < -0.39 is 6.10 Å². The third-order valence-corrected chi connectivity index (χ3v) is 5.00. The molecular formula is C20H21N3O2. The fraction of sp³-hybridized carbons (Fsp3) is 0.300. The van der Waals surface area contributed by atoms with Crippen molar-refractivity contribution in [2.75, 3.05) is 13.1 Å². The molecule has 1 amide bonds. The molecule has 1 saturated heterocycles. The zero-order chi connectivity index (χ0) is 17.4. The molecule has 5 nitrogen and oxygen atoms in total. The monoisotopic (exact) mass is 335 g/mol. The van der Waals surface area contributed by atoms with Crippen molar-refractivity contribution in [3.63, 3.8) is 0 Å². The SMILES string of the molecule is Cn1ccc(C(=O)N2CC[C@H](c3ccc4ccccc4c3)[C@@H](O)C2)n1. The Hall–Kier alpha value is -2.66. The number of fused-ring (bicyclic) bond motifs is 1. The second-order valence-corrected chi connectivity index (χ2v) is 6.69. The summed E-state index contributed by atoms with van der Waals surface area (Å²) in [5.41, 5.74) is 1.56. The molecule has 1 N–H and O–H groups in total. The maximum Gasteiger partial charge on any atom is 0.274 e. The Bertz CT molecular complexity index is 918. The number of carbonyl (C=O) groups is 1. The highest BCUT2D eigenvalue weighted by Gasteiger charge is 2.32. The second kappa shape index (κ2) is 6.33. The number of hydrogen-bond acceptors (Lipinski definition) is 3. The number of aryl methyl sites for hydroxylation is 1. The number of aliphatic hydroxyl groups excluding tert-OH is 1. The first-order valence-electron chi connectivity index (χ1n) is 8.57. The van der Waals surface area contributed by atoms with Crippen LogP contribution in [0.2, 0.25) is 0 Å². The molecule has 0 saturated carbocycles. The number of benzene rings is 2. The van der Waals surface area contributed by atoms with Crippen LogP contribution in [0.4, 0.5) is 0 Å². The summed E-state index contributed by atoms with van der Waals surface area (Å²) < 4.78 is 1.62. The van der Waals surface area contributed by atoms with Gasteiger partial charge >= 0.3 is 0 Å². The van der Waals surface area contributed by atoms with Crippen LogP contribution in [0, 0.1) is 0 Å². The van der Waals surface area contributed by atoms with Gasteiger partial charge in [0.25, 0.3) is 5.91 Å². The summed E-state index contributed by atoms with van der Waals surface area (Å²) in [5, 5.41) is 17.2. The summed E-state index contributed by atoms with van der Waals surface area (Å²) in [4.78, 5) is 14.2. The quantitative estimate of drug-likeness (QED) is 0.783. The Balaban J connectivity index is 1.51. The van der Waals surface area contributed by atoms with E-state index in [1.807, 2.05) is 12.1 Å². The molecule has 0 bridgehead atoms. The number of β-amino-alcohol motifs (C(OH)–C–C–N with tert-alkyl or cyclic N) is 1. The van der Waals surface area contributed by atoms with Crippen molar-refractivity contribution in [2.24, 2.45) is 7.05 Å². The first-order valence-corrected chi connectivity index (χ1v) is 8.57. The summed E-state index contributed by atoms with van der Waals surface area (Å²) in [7, 11) is 1.79. The Morgan fingerprint density at radius 2 is 1.96 bits per heavy atom. The zero-order valence-electron chi connectivity index (χ0n) is 14.2. The molecule has 0 unspecified atom stereocenters. The van der Waals surface area contributed by atoms with E-state index in [4.69, 9.17) is 0 Å². The highest BCUT2D eigenvalue weighted by molar-refractivity contribution is 5.92. The van der Waals surface area contributed by atoms with E-state index >= 15 is 0 Å². The first-order chi connectivity index (χ1) is 12.1. The van der Waals surface area contributed by atoms with Crippen LogP contribution in [-0.4, -0.2) is 44.9 Å². The van der Waals surface area contributed by atoms with Gasteiger partial charge in [-0.3, -0.25) is 9.48 Å². The van der Waals surface area contributed by atoms with Gasteiger partial charge in [-0.1, -0.05) is 42.5 Å². The third kappa shape index (κ3) is 3.03. The van der Waals surface area contributed by atoms with E-state index in [0.29, 0.717) is 18.8 Å². The molecule has 25 heavy (non-hydrogen) atoms. The van der Waals surface area contributed by atoms with Crippen molar-refractivity contribution in [1.29, 1.82) is 0 Å². The predicted octanol–water partition coefficient (Wildman–Crippen LogP) is 2.56. The summed E-state index contributed by atoms with van der Waals surface area (Å²) >= 11 is 0. The molecule has 1 aliphatic rings. The predicted molar refractivity (Wildman–Crippen MR) is 96.4 cm³/mol. The minimum absolute atomic E-state index is 0.0531. The molecule has 4 rings (SSSR count). The lowest BCUT2D eigenvalue weighted by atomic mass is 9.86. The van der Waals surface area contributed by atoms with Gasteiger partial charge in [-0.25, -0.2) is 0 Å². The molecule has 1 aromatic heterocycles. The normalized spacial score (nSPS) is 20.8. The summed E-state index contributed by atoms with van der Waals surface area (Å²) in [5.74, 6) is -0.0611. The number of piperidine rings is 1. The van der Waals surface area contributed by atoms with Gasteiger partial charge in [0.15, 0.2) is 0 Å². The lowest BCUT2D eigenvalue weighted by Crippen LogP contribution is -2.45. The van der Waals surface area contributed by atoms with Crippen molar-refractivity contribution in [1.82, 2.24) is 14.7 Å². The van der Waals surface area contributed by atoms with Crippen molar-refractivity contribution in [3.05, 3.63) is 66.0 Å². The van der Waals surface area contributed by atoms with E-state index in [-0.39, 0.29) is 11.8 Å². The molecule has 2 heterocycles. The van der Waals surface area contributed by atoms with Crippen LogP contribution in [0.15, 0.2) is 54.7 Å². The Labute approximate surface area is 146 Å². The molecule has 1 fully saturated rings. The van der Waals surface area contributed by atoms with Gasteiger partial charge in [0.1, 0.15) is 5.69 Å². The number of carbonyl (C=O) groups excluding carboxylic acids is 1. The molecular weight excluding hydrogens is 314 g/mol. The van der Waals surface area contributed by atoms with E-state index in [1.165, 1.54) is 10.8 Å². The highest BCUT2D eigenvalue weighted by atomic mass is 16.3. The number of nitrogens with zero attached hydrogens (tertiary/aromatic N) is 3. The zero-order valence-corrected chi connectivity index (χ0v) is 14.2. The van der Waals surface area contributed by atoms with Gasteiger partial charge in [0, 0.05) is 32.3 Å². The third-order valence-electron chi connectivity index (χ3n) is 5.00. The number of aromatic nitrogens is 2. The van der Waals surface area contributed by atoms with Gasteiger partial charge in [-0.2, -0.15) is 5.10 Å². The van der Waals surface area contributed by atoms with Crippen molar-refractivity contribution in [3.8, 4) is 0 Å². The lowest BCUT2D eigenvalue weighted by molar-refractivity contribution is 0.0377. The summed E-state index contributed by atoms with van der Waals surface area (Å²) in [6, 6.07) is 16.3. The molecule has 0 spiro atoms. The van der Waals surface area contributed by atoms with E-state index in [0.717, 1.165) is 12.0 Å². The Morgan fingerprint density at radius 3 is 2.68 bits per heavy atom. The smallest absolute Gasteiger partial charge is 0.274 e. The van der Waals surface area contributed by atoms with Crippen LogP contribution < -0.4 is 0 Å². The highest BCUT2D eigenvalue weighted by Crippen LogP contribution is 2.31. The van der Waals surface area contributed by atoms with E-state index in [2.05, 4.69) is 35.4 Å². The first kappa shape index (κ1) is 15.8. The van der Waals surface area contributed by atoms with Crippen LogP contribution >= 0.6 is 0 Å². The van der Waals surface area contributed by atoms with Crippen LogP contribution in [0.25, 0.3) is 10.8 Å². The number of amides is 1. The van der Waals surface area contributed by atoms with Crippen LogP contribution in [0.1, 0.15) is 28.4 Å². The van der Waals surface area contributed by atoms with Crippen molar-refractivity contribution >= 4 is 16.7 Å². The second-order valence-electron chi connectivity index (χ2n) is 6.69. The number of likely N-dealkylation sites (tertiary alicyclic amines) is 1. The molecule has 0 aliphatic carbocycles. The van der Waals surface area contributed by atoms with Gasteiger partial charge in [-0.15, -0.1) is 0 Å². The van der Waals surface area contributed by atoms with Gasteiger partial charge in [0.2, 0.25) is 0 Å². The van der Waals surface area contributed by atoms with E-state index in [1.54, 1.807) is 28.9 Å². The van der Waals surface area contributed by atoms with Gasteiger partial charge in [0.05, 0.1) is 6.10 Å². The number of hydrogen-bond donors (Lipinski definition) is 1. The maximum absolute atomic E-state index is 12.5. The Morgan fingerprint density at radius 1 is 1.16 bits per heavy atom. The van der Waals surface area contributed by atoms with Crippen LogP contribution in [-0.2, 0) is 7.05 Å². The lowest BCUT2D eigenvalue weighted by Gasteiger charge is -2.36. The standard InChI is InChI=1S/C20H21N3O2/c1-22-10-9-18(21-22)20(25)23-11-8-17(19(24)13-23)16-7-6-14-4-2-3-5-15(14)12-16/h2-7,9-10,12,17,19,24H,8,11,13H2,1H3/t17-,19+/m1/s1. The summed E-state index contributed by atoms with van der Waals surface area (Å²) in [6.07, 6.45) is 1.94. The molecule has 2 atom stereocenters. The van der Waals surface area contributed by atoms with Gasteiger partial charge in [-0.05, 0) is 28.8 Å². The molecule has 128 valence electrons. The fourth-order valence-electron chi connectivity index (χ4n) is 3.63. The minimum atomic E-state index is -0.567. The molecule has 5 heteroatoms. The number of rotatable bonds is 2. The van der Waals surface area contributed by atoms with Gasteiger partial charge < -0.3 is 10.0 Å². The fourth-order valence-corrected chi connectivity index (χ4v) is 3.63. The topological polar surface area (TPSA) is 58.4 Å². The van der Waals surface area contributed by atoms with Crippen molar-refractivity contribution in [2.45, 2.75) is 18.4 Å². The van der Waals surface area contributed by atoms with E-state index in [9.17, 15) is 9.90 Å². The molecule has 0 radical (unpaired) electrons. The van der Waals surface area contributed by atoms with Crippen LogP contribution in [0.3, 0.4) is 0 Å². The molecule has 2 aromatic carbocycles. The van der Waals surface area contributed by atoms with Crippen LogP contribution in [0.5, 0.6) is 0 Å². The minimum Gasteiger partial charge on any atom is -0.391 e. The average molecular weight is 335 g/mol. The maximum atomic E-state index is 12.5. The summed E-state index contributed by atoms with van der Waals surface area (Å²) in [6.45, 7) is 0.969. The largest absolute Gasteiger partial charge is 0.391 e. The molecule has 1 aliphatic heterocycles.